The Balaban J connectivity index is 1.55. The Morgan fingerprint density at radius 1 is 1.03 bits per heavy atom. The minimum Gasteiger partial charge on any atom is -0.494 e. The van der Waals surface area contributed by atoms with Gasteiger partial charge in [-0.1, -0.05) is 35.3 Å². The van der Waals surface area contributed by atoms with Gasteiger partial charge in [-0.05, 0) is 84.9 Å². The van der Waals surface area contributed by atoms with Crippen molar-refractivity contribution in [1.29, 1.82) is 0 Å². The Labute approximate surface area is 233 Å². The van der Waals surface area contributed by atoms with Crippen molar-refractivity contribution in [3.8, 4) is 11.5 Å². The van der Waals surface area contributed by atoms with Crippen LogP contribution in [0.2, 0.25) is 10.0 Å². The van der Waals surface area contributed by atoms with Crippen LogP contribution in [0, 0.1) is 0 Å². The van der Waals surface area contributed by atoms with Gasteiger partial charge in [-0.2, -0.15) is 0 Å². The number of hydrogen-bond donors (Lipinski definition) is 2. The number of carboxylic acid groups (broad SMARTS) is 1. The number of nitrogens with zero attached hydrogens (tertiary/aromatic N) is 1. The fraction of sp³-hybridized carbons (Fsp3) is 0.111. The first-order valence-corrected chi connectivity index (χ1v) is 12.4. The molecule has 3 aromatic carbocycles. The van der Waals surface area contributed by atoms with E-state index in [9.17, 15) is 14.4 Å². The zero-order chi connectivity index (χ0) is 27.4. The normalized spacial score (nSPS) is 14.4. The summed E-state index contributed by atoms with van der Waals surface area (Å²) in [5.41, 5.74) is 1.57. The molecule has 1 fully saturated rings. The number of halogens is 2. The third-order valence-electron chi connectivity index (χ3n) is 5.42. The molecular formula is C27H20Cl2N2O6S. The third kappa shape index (κ3) is 5.96. The Morgan fingerprint density at radius 3 is 2.24 bits per heavy atom. The van der Waals surface area contributed by atoms with Crippen LogP contribution < -0.4 is 19.7 Å². The molecule has 1 aliphatic heterocycles. The number of anilines is 1. The summed E-state index contributed by atoms with van der Waals surface area (Å²) in [6.45, 7) is 2.45. The molecule has 1 heterocycles. The molecule has 8 nitrogen and oxygen atoms in total. The third-order valence-corrected chi connectivity index (χ3v) is 6.27. The first kappa shape index (κ1) is 27.1. The molecule has 0 saturated carbocycles. The number of benzene rings is 3. The monoisotopic (exact) mass is 570 g/mol. The van der Waals surface area contributed by atoms with Crippen molar-refractivity contribution in [2.75, 3.05) is 11.5 Å². The molecule has 194 valence electrons. The second-order valence-corrected chi connectivity index (χ2v) is 9.19. The molecule has 1 saturated heterocycles. The summed E-state index contributed by atoms with van der Waals surface area (Å²) in [4.78, 5) is 38.1. The maximum atomic E-state index is 13.3. The SMILES string of the molecule is CCOc1ccc(N2C(=O)/C(=C\c3cc(Cl)c(OCc4ccc(C(=O)O)cc4)c(Cl)c3)C(=O)NC2=S)cc1. The predicted octanol–water partition coefficient (Wildman–Crippen LogP) is 5.50. The molecule has 2 N–H and O–H groups in total. The van der Waals surface area contributed by atoms with Crippen molar-refractivity contribution in [3.63, 3.8) is 0 Å². The van der Waals surface area contributed by atoms with E-state index in [1.165, 1.54) is 35.2 Å². The van der Waals surface area contributed by atoms with Crippen LogP contribution in [0.3, 0.4) is 0 Å². The van der Waals surface area contributed by atoms with E-state index in [0.29, 0.717) is 29.2 Å². The molecule has 2 amide bonds. The smallest absolute Gasteiger partial charge is 0.335 e. The van der Waals surface area contributed by atoms with Crippen LogP contribution in [0.15, 0.2) is 66.2 Å². The highest BCUT2D eigenvalue weighted by Gasteiger charge is 2.34. The van der Waals surface area contributed by atoms with Crippen LogP contribution in [-0.4, -0.2) is 34.6 Å². The summed E-state index contributed by atoms with van der Waals surface area (Å²) < 4.78 is 11.2. The summed E-state index contributed by atoms with van der Waals surface area (Å²) in [5.74, 6) is -1.45. The first-order valence-electron chi connectivity index (χ1n) is 11.3. The lowest BCUT2D eigenvalue weighted by molar-refractivity contribution is -0.122. The number of carboxylic acids is 1. The Kier molecular flexibility index (Phi) is 8.31. The number of rotatable bonds is 8. The molecule has 0 aliphatic carbocycles. The fourth-order valence-electron chi connectivity index (χ4n) is 3.62. The van der Waals surface area contributed by atoms with Crippen LogP contribution in [0.4, 0.5) is 5.69 Å². The van der Waals surface area contributed by atoms with E-state index in [1.807, 2.05) is 6.92 Å². The van der Waals surface area contributed by atoms with Gasteiger partial charge in [0, 0.05) is 0 Å². The van der Waals surface area contributed by atoms with Crippen molar-refractivity contribution in [2.45, 2.75) is 13.5 Å². The zero-order valence-electron chi connectivity index (χ0n) is 19.9. The Morgan fingerprint density at radius 2 is 1.66 bits per heavy atom. The minimum absolute atomic E-state index is 0.0440. The number of thiocarbonyl (C=S) groups is 1. The molecule has 38 heavy (non-hydrogen) atoms. The van der Waals surface area contributed by atoms with Gasteiger partial charge in [0.25, 0.3) is 11.8 Å². The lowest BCUT2D eigenvalue weighted by Crippen LogP contribution is -2.54. The van der Waals surface area contributed by atoms with Gasteiger partial charge in [0.15, 0.2) is 10.9 Å². The van der Waals surface area contributed by atoms with Crippen LogP contribution in [0.25, 0.3) is 6.08 Å². The minimum atomic E-state index is -1.03. The molecule has 4 rings (SSSR count). The summed E-state index contributed by atoms with van der Waals surface area (Å²) in [6.07, 6.45) is 1.37. The molecule has 3 aromatic rings. The van der Waals surface area contributed by atoms with E-state index in [0.717, 1.165) is 0 Å². The molecule has 11 heteroatoms. The van der Waals surface area contributed by atoms with Gasteiger partial charge in [0.2, 0.25) is 0 Å². The highest BCUT2D eigenvalue weighted by atomic mass is 35.5. The lowest BCUT2D eigenvalue weighted by Gasteiger charge is -2.29. The number of nitrogens with one attached hydrogen (secondary N) is 1. The van der Waals surface area contributed by atoms with Crippen LogP contribution >= 0.6 is 35.4 Å². The number of carbonyl (C=O) groups excluding carboxylic acids is 2. The zero-order valence-corrected chi connectivity index (χ0v) is 22.2. The van der Waals surface area contributed by atoms with Crippen molar-refractivity contribution in [1.82, 2.24) is 5.32 Å². The lowest BCUT2D eigenvalue weighted by atomic mass is 10.1. The molecule has 0 unspecified atom stereocenters. The first-order chi connectivity index (χ1) is 18.2. The van der Waals surface area contributed by atoms with Gasteiger partial charge >= 0.3 is 5.97 Å². The largest absolute Gasteiger partial charge is 0.494 e. The average molecular weight is 571 g/mol. The number of hydrogen-bond acceptors (Lipinski definition) is 6. The van der Waals surface area contributed by atoms with Crippen molar-refractivity contribution < 1.29 is 29.0 Å². The predicted molar refractivity (Wildman–Crippen MR) is 148 cm³/mol. The van der Waals surface area contributed by atoms with E-state index in [-0.39, 0.29) is 38.7 Å². The second-order valence-electron chi connectivity index (χ2n) is 7.99. The summed E-state index contributed by atoms with van der Waals surface area (Å²) in [7, 11) is 0. The van der Waals surface area contributed by atoms with Gasteiger partial charge in [-0.15, -0.1) is 0 Å². The van der Waals surface area contributed by atoms with Crippen molar-refractivity contribution >= 4 is 70.1 Å². The van der Waals surface area contributed by atoms with Gasteiger partial charge in [0.1, 0.15) is 17.9 Å². The van der Waals surface area contributed by atoms with E-state index >= 15 is 0 Å². The molecule has 0 spiro atoms. The Hall–Kier alpha value is -3.92. The van der Waals surface area contributed by atoms with E-state index in [4.69, 9.17) is 50.0 Å². The van der Waals surface area contributed by atoms with Crippen LogP contribution in [0.5, 0.6) is 11.5 Å². The van der Waals surface area contributed by atoms with Crippen molar-refractivity contribution in [3.05, 3.63) is 93.0 Å². The second kappa shape index (κ2) is 11.6. The number of aromatic carboxylic acids is 1. The average Bonchev–Trinajstić information content (AvgIpc) is 2.87. The number of ether oxygens (including phenoxy) is 2. The van der Waals surface area contributed by atoms with Gasteiger partial charge in [0.05, 0.1) is 27.9 Å². The molecule has 0 aromatic heterocycles. The van der Waals surface area contributed by atoms with Gasteiger partial charge < -0.3 is 14.6 Å². The highest BCUT2D eigenvalue weighted by molar-refractivity contribution is 7.80. The molecule has 0 radical (unpaired) electrons. The van der Waals surface area contributed by atoms with E-state index in [2.05, 4.69) is 5.32 Å². The fourth-order valence-corrected chi connectivity index (χ4v) is 4.51. The van der Waals surface area contributed by atoms with E-state index in [1.54, 1.807) is 36.4 Å². The number of carbonyl (C=O) groups is 3. The summed E-state index contributed by atoms with van der Waals surface area (Å²) >= 11 is 18.0. The molecule has 0 atom stereocenters. The van der Waals surface area contributed by atoms with Crippen LogP contribution in [-0.2, 0) is 16.2 Å². The summed E-state index contributed by atoms with van der Waals surface area (Å²) in [5, 5.41) is 11.8. The molecular weight excluding hydrogens is 551 g/mol. The van der Waals surface area contributed by atoms with Crippen LogP contribution in [0.1, 0.15) is 28.4 Å². The Bertz CT molecular complexity index is 1430. The standard InChI is InChI=1S/C27H20Cl2N2O6S/c1-2-36-19-9-7-18(8-10-19)31-25(33)20(24(32)30-27(31)38)11-16-12-21(28)23(22(29)13-16)37-14-15-3-5-17(6-4-15)26(34)35/h3-13H,2,14H2,1H3,(H,34,35)(H,30,32,38)/b20-11-. The van der Waals surface area contributed by atoms with Crippen molar-refractivity contribution in [2.24, 2.45) is 0 Å². The van der Waals surface area contributed by atoms with Gasteiger partial charge in [-0.25, -0.2) is 4.79 Å². The van der Waals surface area contributed by atoms with Gasteiger partial charge in [-0.3, -0.25) is 19.8 Å². The maximum absolute atomic E-state index is 13.3. The molecule has 1 aliphatic rings. The quantitative estimate of drug-likeness (QED) is 0.209. The summed E-state index contributed by atoms with van der Waals surface area (Å²) in [6, 6.07) is 15.9. The molecule has 0 bridgehead atoms. The van der Waals surface area contributed by atoms with E-state index < -0.39 is 17.8 Å². The number of amides is 2. The maximum Gasteiger partial charge on any atom is 0.335 e. The topological polar surface area (TPSA) is 105 Å². The highest BCUT2D eigenvalue weighted by Crippen LogP contribution is 2.36.